The van der Waals surface area contributed by atoms with Gasteiger partial charge in [-0.25, -0.2) is 4.98 Å². The number of nitrogens with zero attached hydrogens (tertiary/aromatic N) is 3. The third-order valence-corrected chi connectivity index (χ3v) is 11.4. The summed E-state index contributed by atoms with van der Waals surface area (Å²) in [7, 11) is 0. The van der Waals surface area contributed by atoms with E-state index < -0.39 is 0 Å². The van der Waals surface area contributed by atoms with Gasteiger partial charge in [-0.3, -0.25) is 4.57 Å². The van der Waals surface area contributed by atoms with Crippen LogP contribution in [-0.2, 0) is 0 Å². The van der Waals surface area contributed by atoms with Crippen molar-refractivity contribution in [3.63, 3.8) is 0 Å². The predicted molar refractivity (Wildman–Crippen MR) is 207 cm³/mol. The van der Waals surface area contributed by atoms with E-state index in [9.17, 15) is 0 Å². The number of thiophene rings is 1. The van der Waals surface area contributed by atoms with Gasteiger partial charge in [0, 0.05) is 58.1 Å². The smallest absolute Gasteiger partial charge is 0.238 e. The summed E-state index contributed by atoms with van der Waals surface area (Å²) in [5.74, 6) is 0.552. The van der Waals surface area contributed by atoms with Crippen molar-refractivity contribution in [2.45, 2.75) is 0 Å². The highest BCUT2D eigenvalue weighted by Gasteiger charge is 2.26. The Morgan fingerprint density at radius 2 is 1.14 bits per heavy atom. The first kappa shape index (κ1) is 26.5. The minimum absolute atomic E-state index is 0.539. The molecule has 0 aliphatic rings. The quantitative estimate of drug-likeness (QED) is 0.186. The zero-order chi connectivity index (χ0) is 32.5. The molecule has 0 N–H and O–H groups in total. The third kappa shape index (κ3) is 3.35. The summed E-state index contributed by atoms with van der Waals surface area (Å²) in [6.45, 7) is 0. The number of aromatic nitrogens is 3. The van der Waals surface area contributed by atoms with E-state index in [2.05, 4.69) is 114 Å². The molecule has 0 bridgehead atoms. The van der Waals surface area contributed by atoms with E-state index in [4.69, 9.17) is 18.8 Å². The standard InChI is InChI=1S/C44H23N3O2S/c1-2-14-26-25(13-1)36-30-17-6-10-23-35(30)50-42(36)38-28-15-3-7-20-32(28)47(40(26)38)44-45-39(37-29-16-5-9-22-34(29)49-43(37)46-44)31-19-11-18-27-24-12-4-8-21-33(24)48-41(27)31/h1-23H. The van der Waals surface area contributed by atoms with Gasteiger partial charge in [-0.05, 0) is 35.7 Å². The fourth-order valence-corrected chi connectivity index (χ4v) is 9.45. The van der Waals surface area contributed by atoms with E-state index in [0.29, 0.717) is 11.7 Å². The van der Waals surface area contributed by atoms with Crippen molar-refractivity contribution in [3.8, 4) is 17.2 Å². The Labute approximate surface area is 287 Å². The normalized spacial score (nSPS) is 12.4. The lowest BCUT2D eigenvalue weighted by molar-refractivity contribution is 0.651. The van der Waals surface area contributed by atoms with Crippen molar-refractivity contribution < 1.29 is 8.83 Å². The van der Waals surface area contributed by atoms with Crippen molar-refractivity contribution in [1.29, 1.82) is 0 Å². The molecule has 7 aromatic carbocycles. The number of furan rings is 2. The average Bonchev–Trinajstić information content (AvgIpc) is 3.93. The van der Waals surface area contributed by atoms with Gasteiger partial charge in [0.05, 0.1) is 22.1 Å². The van der Waals surface area contributed by atoms with Crippen LogP contribution in [0.3, 0.4) is 0 Å². The molecule has 12 rings (SSSR count). The molecular formula is C44H23N3O2S. The van der Waals surface area contributed by atoms with Crippen LogP contribution in [0.2, 0.25) is 0 Å². The summed E-state index contributed by atoms with van der Waals surface area (Å²) in [6, 6.07) is 48.7. The van der Waals surface area contributed by atoms with E-state index >= 15 is 0 Å². The molecule has 0 atom stereocenters. The Hall–Kier alpha value is -6.50. The van der Waals surface area contributed by atoms with Crippen LogP contribution in [0.5, 0.6) is 0 Å². The van der Waals surface area contributed by atoms with Crippen LogP contribution in [-0.4, -0.2) is 14.5 Å². The molecule has 50 heavy (non-hydrogen) atoms. The lowest BCUT2D eigenvalue weighted by atomic mass is 10.00. The van der Waals surface area contributed by atoms with Gasteiger partial charge in [0.15, 0.2) is 0 Å². The van der Waals surface area contributed by atoms with Crippen LogP contribution in [0.15, 0.2) is 148 Å². The second kappa shape index (κ2) is 9.56. The highest BCUT2D eigenvalue weighted by molar-refractivity contribution is 7.27. The van der Waals surface area contributed by atoms with Crippen LogP contribution < -0.4 is 0 Å². The molecule has 0 spiro atoms. The highest BCUT2D eigenvalue weighted by atomic mass is 32.1. The molecule has 0 amide bonds. The maximum atomic E-state index is 6.58. The van der Waals surface area contributed by atoms with Crippen LogP contribution in [0, 0.1) is 0 Å². The predicted octanol–water partition coefficient (Wildman–Crippen LogP) is 12.6. The summed E-state index contributed by atoms with van der Waals surface area (Å²) in [5.41, 5.74) is 6.76. The minimum atomic E-state index is 0.539. The van der Waals surface area contributed by atoms with Crippen molar-refractivity contribution in [2.75, 3.05) is 0 Å². The fraction of sp³-hybridized carbons (Fsp3) is 0. The molecule has 5 heterocycles. The van der Waals surface area contributed by atoms with E-state index in [0.717, 1.165) is 66.0 Å². The van der Waals surface area contributed by atoms with Gasteiger partial charge in [0.2, 0.25) is 11.7 Å². The van der Waals surface area contributed by atoms with Gasteiger partial charge >= 0.3 is 0 Å². The molecule has 5 nitrogen and oxygen atoms in total. The van der Waals surface area contributed by atoms with E-state index in [1.54, 1.807) is 0 Å². The molecule has 12 aromatic rings. The van der Waals surface area contributed by atoms with Crippen molar-refractivity contribution in [3.05, 3.63) is 140 Å². The van der Waals surface area contributed by atoms with Crippen molar-refractivity contribution in [1.82, 2.24) is 14.5 Å². The number of para-hydroxylation sites is 4. The molecular weight excluding hydrogens is 635 g/mol. The molecule has 0 saturated heterocycles. The monoisotopic (exact) mass is 657 g/mol. The van der Waals surface area contributed by atoms with Gasteiger partial charge in [-0.1, -0.05) is 109 Å². The minimum Gasteiger partial charge on any atom is -0.455 e. The summed E-state index contributed by atoms with van der Waals surface area (Å²) in [6.07, 6.45) is 0. The number of fused-ring (bicyclic) bond motifs is 16. The Morgan fingerprint density at radius 1 is 0.480 bits per heavy atom. The Kier molecular flexibility index (Phi) is 5.06. The van der Waals surface area contributed by atoms with Crippen molar-refractivity contribution in [2.24, 2.45) is 0 Å². The van der Waals surface area contributed by atoms with E-state index in [1.165, 1.54) is 36.3 Å². The van der Waals surface area contributed by atoms with E-state index in [1.807, 2.05) is 41.7 Å². The van der Waals surface area contributed by atoms with Gasteiger partial charge in [0.1, 0.15) is 16.7 Å². The van der Waals surface area contributed by atoms with Crippen LogP contribution >= 0.6 is 11.3 Å². The number of rotatable bonds is 2. The van der Waals surface area contributed by atoms with Crippen molar-refractivity contribution >= 4 is 108 Å². The second-order valence-electron chi connectivity index (χ2n) is 12.9. The van der Waals surface area contributed by atoms with Crippen LogP contribution in [0.25, 0.3) is 114 Å². The molecule has 232 valence electrons. The summed E-state index contributed by atoms with van der Waals surface area (Å²) < 4.78 is 17.9. The first-order chi connectivity index (χ1) is 24.8. The highest BCUT2D eigenvalue weighted by Crippen LogP contribution is 2.48. The topological polar surface area (TPSA) is 57.0 Å². The van der Waals surface area contributed by atoms with Gasteiger partial charge in [0.25, 0.3) is 0 Å². The first-order valence-electron chi connectivity index (χ1n) is 16.7. The van der Waals surface area contributed by atoms with Gasteiger partial charge < -0.3 is 8.83 Å². The Bertz CT molecular complexity index is 3400. The summed E-state index contributed by atoms with van der Waals surface area (Å²) >= 11 is 1.85. The maximum absolute atomic E-state index is 6.58. The molecule has 6 heteroatoms. The van der Waals surface area contributed by atoms with Crippen LogP contribution in [0.1, 0.15) is 0 Å². The zero-order valence-corrected chi connectivity index (χ0v) is 27.2. The number of hydrogen-bond donors (Lipinski definition) is 0. The maximum Gasteiger partial charge on any atom is 0.238 e. The molecule has 5 aromatic heterocycles. The lowest BCUT2D eigenvalue weighted by Gasteiger charge is -2.12. The molecule has 0 aliphatic carbocycles. The second-order valence-corrected chi connectivity index (χ2v) is 13.9. The SMILES string of the molecule is c1ccc2c(c1)oc1c(-c3nc(-n4c5ccccc5c5c6sc7ccccc7c6c6ccccc6c54)nc4oc5ccccc5c34)cccc12. The van der Waals surface area contributed by atoms with Gasteiger partial charge in [-0.2, -0.15) is 4.98 Å². The van der Waals surface area contributed by atoms with Gasteiger partial charge in [-0.15, -0.1) is 11.3 Å². The van der Waals surface area contributed by atoms with Crippen LogP contribution in [0.4, 0.5) is 0 Å². The molecule has 0 saturated carbocycles. The average molecular weight is 658 g/mol. The lowest BCUT2D eigenvalue weighted by Crippen LogP contribution is -2.03. The fourth-order valence-electron chi connectivity index (χ4n) is 8.17. The number of benzene rings is 7. The molecule has 0 radical (unpaired) electrons. The Balaban J connectivity index is 1.29. The first-order valence-corrected chi connectivity index (χ1v) is 17.5. The summed E-state index contributed by atoms with van der Waals surface area (Å²) in [5, 5.41) is 11.3. The Morgan fingerprint density at radius 3 is 2.00 bits per heavy atom. The molecule has 0 fully saturated rings. The molecule has 0 unspecified atom stereocenters. The van der Waals surface area contributed by atoms with E-state index in [-0.39, 0.29) is 0 Å². The largest absolute Gasteiger partial charge is 0.455 e. The third-order valence-electron chi connectivity index (χ3n) is 10.2. The summed E-state index contributed by atoms with van der Waals surface area (Å²) in [4.78, 5) is 10.8. The molecule has 0 aliphatic heterocycles. The number of hydrogen-bond acceptors (Lipinski definition) is 5. The zero-order valence-electron chi connectivity index (χ0n) is 26.3.